The van der Waals surface area contributed by atoms with E-state index in [0.29, 0.717) is 5.46 Å². The maximum absolute atomic E-state index is 13.3. The standard InChI is InChI=1S/C15H14BF2NO/c1-15(2)13-5-3-4-6-14(13)20-16(19-15)10-7-11(17)9-12(18)8-10/h3-9,19H,1-2H3. The summed E-state index contributed by atoms with van der Waals surface area (Å²) in [5.41, 5.74) is 1.11. The first-order valence-corrected chi connectivity index (χ1v) is 6.45. The SMILES string of the molecule is CC1(C)NB(c2cc(F)cc(F)c2)Oc2ccccc21. The Balaban J connectivity index is 2.02. The molecule has 0 saturated carbocycles. The number of rotatable bonds is 1. The molecule has 2 aromatic carbocycles. The Kier molecular flexibility index (Phi) is 3.02. The number of halogens is 2. The summed E-state index contributed by atoms with van der Waals surface area (Å²) in [6.45, 7) is 4.02. The fraction of sp³-hybridized carbons (Fsp3) is 0.200. The Morgan fingerprint density at radius 3 is 2.40 bits per heavy atom. The molecule has 102 valence electrons. The molecule has 0 spiro atoms. The van der Waals surface area contributed by atoms with Crippen LogP contribution in [0, 0.1) is 11.6 Å². The van der Waals surface area contributed by atoms with E-state index < -0.39 is 18.7 Å². The predicted octanol–water partition coefficient (Wildman–Crippen LogP) is 2.58. The molecule has 0 atom stereocenters. The summed E-state index contributed by atoms with van der Waals surface area (Å²) in [6, 6.07) is 11.1. The van der Waals surface area contributed by atoms with Crippen LogP contribution in [-0.2, 0) is 5.54 Å². The van der Waals surface area contributed by atoms with Gasteiger partial charge in [0, 0.05) is 17.2 Å². The Morgan fingerprint density at radius 2 is 1.70 bits per heavy atom. The van der Waals surface area contributed by atoms with Gasteiger partial charge in [-0.3, -0.25) is 0 Å². The maximum Gasteiger partial charge on any atom is 0.483 e. The molecule has 3 rings (SSSR count). The molecule has 1 aliphatic rings. The molecular formula is C15H14BF2NO. The van der Waals surface area contributed by atoms with E-state index in [1.807, 2.05) is 38.1 Å². The highest BCUT2D eigenvalue weighted by Crippen LogP contribution is 2.33. The molecule has 1 N–H and O–H groups in total. The summed E-state index contributed by atoms with van der Waals surface area (Å²) < 4.78 is 32.5. The van der Waals surface area contributed by atoms with E-state index in [1.54, 1.807) is 0 Å². The minimum atomic E-state index is -0.609. The molecule has 0 radical (unpaired) electrons. The third-order valence-electron chi connectivity index (χ3n) is 3.48. The van der Waals surface area contributed by atoms with Crippen molar-refractivity contribution in [2.24, 2.45) is 0 Å². The van der Waals surface area contributed by atoms with Crippen LogP contribution in [0.4, 0.5) is 8.78 Å². The summed E-state index contributed by atoms with van der Waals surface area (Å²) in [5, 5.41) is 3.26. The van der Waals surface area contributed by atoms with Gasteiger partial charge in [0.15, 0.2) is 0 Å². The van der Waals surface area contributed by atoms with Crippen LogP contribution in [0.2, 0.25) is 0 Å². The number of nitrogens with one attached hydrogen (secondary N) is 1. The molecule has 0 aliphatic carbocycles. The molecule has 0 fully saturated rings. The summed E-state index contributed by atoms with van der Waals surface area (Å²) in [4.78, 5) is 0. The minimum absolute atomic E-state index is 0.345. The van der Waals surface area contributed by atoms with Crippen molar-refractivity contribution in [3.05, 3.63) is 59.7 Å². The van der Waals surface area contributed by atoms with Gasteiger partial charge in [-0.15, -0.1) is 0 Å². The maximum atomic E-state index is 13.3. The van der Waals surface area contributed by atoms with Crippen LogP contribution in [0.3, 0.4) is 0 Å². The molecule has 0 amide bonds. The molecule has 0 unspecified atom stereocenters. The lowest BCUT2D eigenvalue weighted by molar-refractivity contribution is 0.398. The van der Waals surface area contributed by atoms with E-state index in [4.69, 9.17) is 4.65 Å². The number of fused-ring (bicyclic) bond motifs is 1. The second-order valence-corrected chi connectivity index (χ2v) is 5.47. The highest BCUT2D eigenvalue weighted by atomic mass is 19.1. The summed E-state index contributed by atoms with van der Waals surface area (Å²) in [6.07, 6.45) is 0. The van der Waals surface area contributed by atoms with E-state index >= 15 is 0 Å². The number of para-hydroxylation sites is 1. The monoisotopic (exact) mass is 273 g/mol. The lowest BCUT2D eigenvalue weighted by Crippen LogP contribution is -2.60. The van der Waals surface area contributed by atoms with Gasteiger partial charge in [0.05, 0.1) is 0 Å². The average molecular weight is 273 g/mol. The van der Waals surface area contributed by atoms with Crippen molar-refractivity contribution in [1.29, 1.82) is 0 Å². The Labute approximate surface area is 116 Å². The third-order valence-corrected chi connectivity index (χ3v) is 3.48. The van der Waals surface area contributed by atoms with Crippen molar-refractivity contribution >= 4 is 12.5 Å². The van der Waals surface area contributed by atoms with E-state index in [2.05, 4.69) is 5.23 Å². The van der Waals surface area contributed by atoms with Crippen LogP contribution in [0.5, 0.6) is 5.75 Å². The molecule has 1 heterocycles. The van der Waals surface area contributed by atoms with Gasteiger partial charge in [0.1, 0.15) is 17.4 Å². The van der Waals surface area contributed by atoms with Gasteiger partial charge >= 0.3 is 7.05 Å². The molecule has 2 aromatic rings. The van der Waals surface area contributed by atoms with Crippen LogP contribution < -0.4 is 15.3 Å². The highest BCUT2D eigenvalue weighted by molar-refractivity contribution is 6.66. The van der Waals surface area contributed by atoms with Crippen molar-refractivity contribution in [2.45, 2.75) is 19.4 Å². The zero-order chi connectivity index (χ0) is 14.3. The van der Waals surface area contributed by atoms with E-state index in [1.165, 1.54) is 12.1 Å². The fourth-order valence-electron chi connectivity index (χ4n) is 2.53. The Hall–Kier alpha value is -1.88. The van der Waals surface area contributed by atoms with Gasteiger partial charge in [-0.1, -0.05) is 18.2 Å². The second-order valence-electron chi connectivity index (χ2n) is 5.47. The Morgan fingerprint density at radius 1 is 1.05 bits per heavy atom. The lowest BCUT2D eigenvalue weighted by Gasteiger charge is -2.37. The fourth-order valence-corrected chi connectivity index (χ4v) is 2.53. The average Bonchev–Trinajstić information content (AvgIpc) is 2.37. The van der Waals surface area contributed by atoms with Crippen molar-refractivity contribution < 1.29 is 13.4 Å². The number of benzene rings is 2. The largest absolute Gasteiger partial charge is 0.542 e. The molecule has 1 aliphatic heterocycles. The lowest BCUT2D eigenvalue weighted by atomic mass is 9.68. The highest BCUT2D eigenvalue weighted by Gasteiger charge is 2.38. The first-order chi connectivity index (χ1) is 9.45. The molecule has 0 aromatic heterocycles. The Bertz CT molecular complexity index is 640. The second kappa shape index (κ2) is 4.60. The van der Waals surface area contributed by atoms with E-state index in [-0.39, 0.29) is 5.54 Å². The van der Waals surface area contributed by atoms with Gasteiger partial charge < -0.3 is 9.88 Å². The molecule has 20 heavy (non-hydrogen) atoms. The van der Waals surface area contributed by atoms with E-state index in [9.17, 15) is 8.78 Å². The summed E-state index contributed by atoms with van der Waals surface area (Å²) in [5.74, 6) is -0.491. The van der Waals surface area contributed by atoms with Crippen LogP contribution in [0.15, 0.2) is 42.5 Å². The molecule has 5 heteroatoms. The normalized spacial score (nSPS) is 16.5. The van der Waals surface area contributed by atoms with Crippen LogP contribution in [0.25, 0.3) is 0 Å². The topological polar surface area (TPSA) is 21.3 Å². The van der Waals surface area contributed by atoms with Crippen LogP contribution in [0.1, 0.15) is 19.4 Å². The summed E-state index contributed by atoms with van der Waals surface area (Å²) in [7, 11) is -0.579. The third kappa shape index (κ3) is 2.29. The van der Waals surface area contributed by atoms with Crippen molar-refractivity contribution in [3.63, 3.8) is 0 Å². The number of hydrogen-bond acceptors (Lipinski definition) is 2. The molecule has 0 saturated heterocycles. The quantitative estimate of drug-likeness (QED) is 0.806. The van der Waals surface area contributed by atoms with Crippen molar-refractivity contribution in [3.8, 4) is 5.75 Å². The van der Waals surface area contributed by atoms with Gasteiger partial charge in [-0.2, -0.15) is 0 Å². The predicted molar refractivity (Wildman–Crippen MR) is 75.0 cm³/mol. The smallest absolute Gasteiger partial charge is 0.483 e. The molecule has 0 bridgehead atoms. The zero-order valence-corrected chi connectivity index (χ0v) is 11.3. The van der Waals surface area contributed by atoms with Crippen molar-refractivity contribution in [1.82, 2.24) is 5.23 Å². The first kappa shape index (κ1) is 13.1. The summed E-state index contributed by atoms with van der Waals surface area (Å²) >= 11 is 0. The molecular weight excluding hydrogens is 259 g/mol. The van der Waals surface area contributed by atoms with Gasteiger partial charge in [-0.05, 0) is 37.5 Å². The van der Waals surface area contributed by atoms with Gasteiger partial charge in [0.2, 0.25) is 0 Å². The van der Waals surface area contributed by atoms with Crippen LogP contribution >= 0.6 is 0 Å². The first-order valence-electron chi connectivity index (χ1n) is 6.45. The minimum Gasteiger partial charge on any atom is -0.542 e. The van der Waals surface area contributed by atoms with E-state index in [0.717, 1.165) is 17.4 Å². The molecule has 2 nitrogen and oxygen atoms in total. The number of hydrogen-bond donors (Lipinski definition) is 1. The van der Waals surface area contributed by atoms with Gasteiger partial charge in [-0.25, -0.2) is 8.78 Å². The van der Waals surface area contributed by atoms with Gasteiger partial charge in [0.25, 0.3) is 0 Å². The van der Waals surface area contributed by atoms with Crippen molar-refractivity contribution in [2.75, 3.05) is 0 Å². The zero-order valence-electron chi connectivity index (χ0n) is 11.3. The van der Waals surface area contributed by atoms with Crippen LogP contribution in [-0.4, -0.2) is 7.05 Å².